The van der Waals surface area contributed by atoms with Crippen LogP contribution in [0.25, 0.3) is 0 Å². The summed E-state index contributed by atoms with van der Waals surface area (Å²) in [7, 11) is -2.23. The molecule has 1 fully saturated rings. The molecule has 1 saturated heterocycles. The van der Waals surface area contributed by atoms with Crippen LogP contribution in [0.2, 0.25) is 0 Å². The number of benzene rings is 1. The molecular weight excluding hydrogens is 353 g/mol. The summed E-state index contributed by atoms with van der Waals surface area (Å²) >= 11 is 0. The van der Waals surface area contributed by atoms with E-state index in [2.05, 4.69) is 4.98 Å². The highest BCUT2D eigenvalue weighted by molar-refractivity contribution is 7.89. The first kappa shape index (κ1) is 17.4. The Morgan fingerprint density at radius 2 is 2.00 bits per heavy atom. The van der Waals surface area contributed by atoms with Crippen molar-refractivity contribution in [3.63, 3.8) is 0 Å². The molecule has 0 spiro atoms. The van der Waals surface area contributed by atoms with Crippen LogP contribution in [-0.4, -0.2) is 52.7 Å². The predicted octanol–water partition coefficient (Wildman–Crippen LogP) is 1.41. The Kier molecular flexibility index (Phi) is 4.48. The molecule has 0 bridgehead atoms. The Bertz CT molecular complexity index is 881. The van der Waals surface area contributed by atoms with E-state index in [9.17, 15) is 17.6 Å². The van der Waals surface area contributed by atoms with Crippen molar-refractivity contribution in [1.29, 1.82) is 0 Å². The molecule has 1 aliphatic heterocycles. The summed E-state index contributed by atoms with van der Waals surface area (Å²) in [4.78, 5) is 14.8. The lowest BCUT2D eigenvalue weighted by Gasteiger charge is -2.17. The molecule has 0 aliphatic carbocycles. The molecule has 2 atom stereocenters. The van der Waals surface area contributed by atoms with Gasteiger partial charge in [-0.2, -0.15) is 4.31 Å². The Hall–Kier alpha value is -2.46. The normalized spacial score (nSPS) is 21.4. The maximum atomic E-state index is 13.1. The molecule has 3 rings (SSSR count). The van der Waals surface area contributed by atoms with Gasteiger partial charge in [0.2, 0.25) is 0 Å². The van der Waals surface area contributed by atoms with Gasteiger partial charge in [-0.25, -0.2) is 22.6 Å². The van der Waals surface area contributed by atoms with Crippen LogP contribution in [0.5, 0.6) is 0 Å². The zero-order valence-electron chi connectivity index (χ0n) is 13.2. The Labute approximate surface area is 143 Å². The van der Waals surface area contributed by atoms with E-state index in [1.807, 2.05) is 0 Å². The van der Waals surface area contributed by atoms with Crippen LogP contribution in [0.1, 0.15) is 11.5 Å². The van der Waals surface area contributed by atoms with Crippen LogP contribution in [0.3, 0.4) is 0 Å². The van der Waals surface area contributed by atoms with Gasteiger partial charge in [0, 0.05) is 25.7 Å². The molecule has 1 aliphatic rings. The summed E-state index contributed by atoms with van der Waals surface area (Å²) in [5.74, 6) is -0.967. The molecule has 0 saturated carbocycles. The van der Waals surface area contributed by atoms with Gasteiger partial charge in [-0.3, -0.25) is 0 Å². The Balaban J connectivity index is 1.91. The summed E-state index contributed by atoms with van der Waals surface area (Å²) in [6, 6.07) is 5.47. The van der Waals surface area contributed by atoms with Crippen LogP contribution < -0.4 is 0 Å². The zero-order chi connectivity index (χ0) is 18.2. The molecule has 1 N–H and O–H groups in total. The summed E-state index contributed by atoms with van der Waals surface area (Å²) in [5.41, 5.74) is 0.603. The van der Waals surface area contributed by atoms with Gasteiger partial charge < -0.3 is 14.4 Å². The predicted molar refractivity (Wildman–Crippen MR) is 84.0 cm³/mol. The third kappa shape index (κ3) is 3.49. The first-order valence-corrected chi connectivity index (χ1v) is 8.84. The van der Waals surface area contributed by atoms with Crippen LogP contribution in [-0.2, 0) is 21.8 Å². The average molecular weight is 369 g/mol. The molecular formula is C15H16FN3O5S. The Morgan fingerprint density at radius 1 is 1.32 bits per heavy atom. The average Bonchev–Trinajstić information content (AvgIpc) is 3.15. The highest BCUT2D eigenvalue weighted by Crippen LogP contribution is 2.33. The van der Waals surface area contributed by atoms with E-state index in [0.717, 1.165) is 4.31 Å². The number of hydrogen-bond acceptors (Lipinski definition) is 5. The smallest absolute Gasteiger partial charge is 0.450 e. The van der Waals surface area contributed by atoms with E-state index in [1.165, 1.54) is 41.4 Å². The molecule has 134 valence electrons. The quantitative estimate of drug-likeness (QED) is 0.818. The number of aryl methyl sites for hydroxylation is 1. The molecule has 25 heavy (non-hydrogen) atoms. The number of nitrogens with zero attached hydrogens (tertiary/aromatic N) is 3. The van der Waals surface area contributed by atoms with Crippen LogP contribution in [0.4, 0.5) is 9.18 Å². The number of hydrogen-bond donors (Lipinski definition) is 1. The van der Waals surface area contributed by atoms with Crippen molar-refractivity contribution in [1.82, 2.24) is 13.9 Å². The third-order valence-corrected chi connectivity index (χ3v) is 5.79. The molecule has 8 nitrogen and oxygen atoms in total. The number of carboxylic acid groups (broad SMARTS) is 1. The van der Waals surface area contributed by atoms with Gasteiger partial charge in [-0.15, -0.1) is 0 Å². The van der Waals surface area contributed by atoms with Gasteiger partial charge in [0.25, 0.3) is 10.0 Å². The van der Waals surface area contributed by atoms with Crippen molar-refractivity contribution in [2.45, 2.75) is 17.0 Å². The minimum Gasteiger partial charge on any atom is -0.450 e. The second-order valence-electron chi connectivity index (χ2n) is 5.78. The number of ether oxygens (including phenoxy) is 1. The summed E-state index contributed by atoms with van der Waals surface area (Å²) in [6.07, 6.45) is 0.356. The minimum atomic E-state index is -3.88. The largest absolute Gasteiger partial charge is 0.506 e. The SMILES string of the molecule is Cn1cnc(S(=O)(=O)N2CC(OC(=O)O)C(c3ccc(F)cc3)C2)c1. The van der Waals surface area contributed by atoms with Crippen molar-refractivity contribution < 1.29 is 27.4 Å². The highest BCUT2D eigenvalue weighted by Gasteiger charge is 2.43. The first-order chi connectivity index (χ1) is 11.8. The zero-order valence-corrected chi connectivity index (χ0v) is 14.1. The topological polar surface area (TPSA) is 102 Å². The lowest BCUT2D eigenvalue weighted by Crippen LogP contribution is -2.31. The van der Waals surface area contributed by atoms with E-state index in [4.69, 9.17) is 9.84 Å². The van der Waals surface area contributed by atoms with Crippen LogP contribution >= 0.6 is 0 Å². The molecule has 1 aromatic carbocycles. The van der Waals surface area contributed by atoms with Crippen molar-refractivity contribution >= 4 is 16.2 Å². The highest BCUT2D eigenvalue weighted by atomic mass is 32.2. The number of aromatic nitrogens is 2. The van der Waals surface area contributed by atoms with E-state index < -0.39 is 34.0 Å². The summed E-state index contributed by atoms with van der Waals surface area (Å²) in [5, 5.41) is 8.80. The summed E-state index contributed by atoms with van der Waals surface area (Å²) < 4.78 is 46.0. The van der Waals surface area contributed by atoms with E-state index in [0.29, 0.717) is 5.56 Å². The van der Waals surface area contributed by atoms with Crippen molar-refractivity contribution in [2.24, 2.45) is 7.05 Å². The van der Waals surface area contributed by atoms with Gasteiger partial charge in [-0.05, 0) is 17.7 Å². The van der Waals surface area contributed by atoms with Crippen LogP contribution in [0.15, 0.2) is 41.8 Å². The van der Waals surface area contributed by atoms with Gasteiger partial charge in [0.15, 0.2) is 5.03 Å². The van der Waals surface area contributed by atoms with Gasteiger partial charge in [0.1, 0.15) is 11.9 Å². The molecule has 10 heteroatoms. The number of sulfonamides is 1. The molecule has 0 radical (unpaired) electrons. The molecule has 2 aromatic rings. The molecule has 2 unspecified atom stereocenters. The number of rotatable bonds is 4. The molecule has 1 aromatic heterocycles. The monoisotopic (exact) mass is 369 g/mol. The van der Waals surface area contributed by atoms with Gasteiger partial charge >= 0.3 is 6.16 Å². The van der Waals surface area contributed by atoms with Crippen molar-refractivity contribution in [2.75, 3.05) is 13.1 Å². The Morgan fingerprint density at radius 3 is 2.56 bits per heavy atom. The summed E-state index contributed by atoms with van der Waals surface area (Å²) in [6.45, 7) is -0.115. The first-order valence-electron chi connectivity index (χ1n) is 7.40. The van der Waals surface area contributed by atoms with E-state index in [-0.39, 0.29) is 18.1 Å². The second kappa shape index (κ2) is 6.45. The standard InChI is InChI=1S/C15H16FN3O5S/c1-18-8-14(17-9-18)25(22,23)19-6-12(13(7-19)24-15(20)21)10-2-4-11(16)5-3-10/h2-5,8-9,12-13H,6-7H2,1H3,(H,20,21). The van der Waals surface area contributed by atoms with Gasteiger partial charge in [-0.1, -0.05) is 12.1 Å². The fourth-order valence-corrected chi connectivity index (χ4v) is 4.31. The number of carbonyl (C=O) groups is 1. The van der Waals surface area contributed by atoms with E-state index >= 15 is 0 Å². The second-order valence-corrected chi connectivity index (χ2v) is 7.66. The fourth-order valence-electron chi connectivity index (χ4n) is 2.87. The van der Waals surface area contributed by atoms with Crippen molar-refractivity contribution in [3.05, 3.63) is 48.2 Å². The number of halogens is 1. The maximum absolute atomic E-state index is 13.1. The maximum Gasteiger partial charge on any atom is 0.506 e. The van der Waals surface area contributed by atoms with E-state index in [1.54, 1.807) is 7.05 Å². The number of imidazole rings is 1. The van der Waals surface area contributed by atoms with Crippen molar-refractivity contribution in [3.8, 4) is 0 Å². The lowest BCUT2D eigenvalue weighted by molar-refractivity contribution is 0.0515. The minimum absolute atomic E-state index is 0.0164. The van der Waals surface area contributed by atoms with Crippen LogP contribution in [0, 0.1) is 5.82 Å². The molecule has 0 amide bonds. The molecule has 2 heterocycles. The lowest BCUT2D eigenvalue weighted by atomic mass is 9.96. The third-order valence-electron chi connectivity index (χ3n) is 4.07. The van der Waals surface area contributed by atoms with Gasteiger partial charge in [0.05, 0.1) is 12.9 Å². The fraction of sp³-hybridized carbons (Fsp3) is 0.333.